The normalized spacial score (nSPS) is 11.1. The first-order valence-corrected chi connectivity index (χ1v) is 2.49. The molecule has 0 bridgehead atoms. The van der Waals surface area contributed by atoms with Gasteiger partial charge in [-0.15, -0.1) is 0 Å². The van der Waals surface area contributed by atoms with Crippen molar-refractivity contribution >= 4 is 0 Å². The van der Waals surface area contributed by atoms with Gasteiger partial charge in [0.05, 0.1) is 6.61 Å². The molecule has 0 aromatic carbocycles. The van der Waals surface area contributed by atoms with Crippen molar-refractivity contribution in [1.82, 2.24) is 0 Å². The number of rotatable bonds is 3. The first-order valence-electron chi connectivity index (χ1n) is 2.49. The zero-order valence-corrected chi connectivity index (χ0v) is 5.10. The summed E-state index contributed by atoms with van der Waals surface area (Å²) >= 11 is 0. The number of hydrogen-bond donors (Lipinski definition) is 1. The standard InChI is InChI=1S/C7H9FO/c1-3-4-7(5-9)6(2)8/h3-4,9H,1-2,5H2/b7-4-. The maximum absolute atomic E-state index is 12.1. The summed E-state index contributed by atoms with van der Waals surface area (Å²) in [6.45, 7) is 6.01. The van der Waals surface area contributed by atoms with E-state index in [2.05, 4.69) is 13.2 Å². The zero-order chi connectivity index (χ0) is 7.28. The van der Waals surface area contributed by atoms with Crippen LogP contribution in [0.1, 0.15) is 0 Å². The molecule has 0 radical (unpaired) electrons. The Morgan fingerprint density at radius 1 is 1.67 bits per heavy atom. The summed E-state index contributed by atoms with van der Waals surface area (Å²) in [6.07, 6.45) is 2.78. The van der Waals surface area contributed by atoms with Crippen LogP contribution in [-0.2, 0) is 0 Å². The second-order valence-corrected chi connectivity index (χ2v) is 1.49. The van der Waals surface area contributed by atoms with Gasteiger partial charge < -0.3 is 5.11 Å². The molecule has 0 amide bonds. The van der Waals surface area contributed by atoms with Gasteiger partial charge in [0.25, 0.3) is 0 Å². The lowest BCUT2D eigenvalue weighted by Gasteiger charge is -1.94. The van der Waals surface area contributed by atoms with Crippen molar-refractivity contribution in [2.75, 3.05) is 6.61 Å². The molecule has 0 aromatic heterocycles. The Bertz CT molecular complexity index is 147. The van der Waals surface area contributed by atoms with Gasteiger partial charge in [-0.25, -0.2) is 4.39 Å². The van der Waals surface area contributed by atoms with E-state index in [0.717, 1.165) is 0 Å². The molecule has 2 heteroatoms. The molecular weight excluding hydrogens is 119 g/mol. The zero-order valence-electron chi connectivity index (χ0n) is 5.10. The third-order valence-corrected chi connectivity index (χ3v) is 0.838. The second-order valence-electron chi connectivity index (χ2n) is 1.49. The van der Waals surface area contributed by atoms with Gasteiger partial charge in [-0.1, -0.05) is 25.3 Å². The molecule has 0 atom stereocenters. The van der Waals surface area contributed by atoms with Crippen LogP contribution in [0.4, 0.5) is 4.39 Å². The minimum Gasteiger partial charge on any atom is -0.392 e. The van der Waals surface area contributed by atoms with Crippen molar-refractivity contribution in [3.63, 3.8) is 0 Å². The predicted molar refractivity (Wildman–Crippen MR) is 35.6 cm³/mol. The average molecular weight is 128 g/mol. The van der Waals surface area contributed by atoms with Crippen molar-refractivity contribution in [2.45, 2.75) is 0 Å². The Morgan fingerprint density at radius 2 is 2.22 bits per heavy atom. The van der Waals surface area contributed by atoms with Gasteiger partial charge in [-0.05, 0) is 0 Å². The lowest BCUT2D eigenvalue weighted by Crippen LogP contribution is -1.88. The quantitative estimate of drug-likeness (QED) is 0.572. The van der Waals surface area contributed by atoms with E-state index in [1.807, 2.05) is 0 Å². The Morgan fingerprint density at radius 3 is 2.33 bits per heavy atom. The molecule has 0 unspecified atom stereocenters. The van der Waals surface area contributed by atoms with Crippen LogP contribution in [0, 0.1) is 0 Å². The van der Waals surface area contributed by atoms with Crippen molar-refractivity contribution < 1.29 is 9.50 Å². The molecule has 0 saturated heterocycles. The van der Waals surface area contributed by atoms with Crippen LogP contribution in [-0.4, -0.2) is 11.7 Å². The van der Waals surface area contributed by atoms with Gasteiger partial charge in [0, 0.05) is 5.57 Å². The van der Waals surface area contributed by atoms with E-state index in [9.17, 15) is 4.39 Å². The fraction of sp³-hybridized carbons (Fsp3) is 0.143. The third kappa shape index (κ3) is 2.82. The lowest BCUT2D eigenvalue weighted by molar-refractivity contribution is 0.328. The molecule has 1 nitrogen and oxygen atoms in total. The molecule has 0 aliphatic carbocycles. The van der Waals surface area contributed by atoms with Crippen LogP contribution in [0.2, 0.25) is 0 Å². The highest BCUT2D eigenvalue weighted by Crippen LogP contribution is 2.06. The first-order chi connectivity index (χ1) is 4.22. The van der Waals surface area contributed by atoms with E-state index in [1.165, 1.54) is 12.2 Å². The number of aliphatic hydroxyl groups is 1. The predicted octanol–water partition coefficient (Wildman–Crippen LogP) is 1.57. The van der Waals surface area contributed by atoms with Crippen LogP contribution < -0.4 is 0 Å². The molecule has 0 aromatic rings. The highest BCUT2D eigenvalue weighted by Gasteiger charge is 1.95. The van der Waals surface area contributed by atoms with Crippen molar-refractivity contribution in [3.8, 4) is 0 Å². The van der Waals surface area contributed by atoms with Gasteiger partial charge in [-0.3, -0.25) is 0 Å². The number of aliphatic hydroxyl groups excluding tert-OH is 1. The van der Waals surface area contributed by atoms with Gasteiger partial charge in [0.15, 0.2) is 0 Å². The number of allylic oxidation sites excluding steroid dienone is 2. The SMILES string of the molecule is C=C/C=C(/CO)C(=C)F. The van der Waals surface area contributed by atoms with Crippen molar-refractivity contribution in [1.29, 1.82) is 0 Å². The van der Waals surface area contributed by atoms with E-state index in [0.29, 0.717) is 0 Å². The number of hydrogen-bond acceptors (Lipinski definition) is 1. The molecule has 0 aliphatic rings. The van der Waals surface area contributed by atoms with E-state index < -0.39 is 5.83 Å². The van der Waals surface area contributed by atoms with E-state index >= 15 is 0 Å². The van der Waals surface area contributed by atoms with Gasteiger partial charge >= 0.3 is 0 Å². The molecule has 0 aliphatic heterocycles. The summed E-state index contributed by atoms with van der Waals surface area (Å²) in [6, 6.07) is 0. The molecule has 50 valence electrons. The Kier molecular flexibility index (Phi) is 3.64. The summed E-state index contributed by atoms with van der Waals surface area (Å²) in [4.78, 5) is 0. The summed E-state index contributed by atoms with van der Waals surface area (Å²) in [5.41, 5.74) is 0.171. The highest BCUT2D eigenvalue weighted by atomic mass is 19.1. The summed E-state index contributed by atoms with van der Waals surface area (Å²) in [5, 5.41) is 8.41. The molecule has 1 N–H and O–H groups in total. The van der Waals surface area contributed by atoms with Gasteiger partial charge in [0.1, 0.15) is 5.83 Å². The molecule has 0 fully saturated rings. The Balaban J connectivity index is 4.14. The minimum absolute atomic E-state index is 0.171. The minimum atomic E-state index is -0.614. The first kappa shape index (κ1) is 8.11. The Labute approximate surface area is 53.8 Å². The molecule has 0 spiro atoms. The van der Waals surface area contributed by atoms with Crippen LogP contribution in [0.15, 0.2) is 36.7 Å². The molecule has 0 saturated carbocycles. The smallest absolute Gasteiger partial charge is 0.121 e. The largest absolute Gasteiger partial charge is 0.392 e. The summed E-state index contributed by atoms with van der Waals surface area (Å²) in [5.74, 6) is -0.614. The molecule has 9 heavy (non-hydrogen) atoms. The maximum Gasteiger partial charge on any atom is 0.121 e. The van der Waals surface area contributed by atoms with Crippen LogP contribution in [0.3, 0.4) is 0 Å². The summed E-state index contributed by atoms with van der Waals surface area (Å²) < 4.78 is 12.1. The van der Waals surface area contributed by atoms with Crippen molar-refractivity contribution in [2.24, 2.45) is 0 Å². The number of halogens is 1. The van der Waals surface area contributed by atoms with Crippen molar-refractivity contribution in [3.05, 3.63) is 36.7 Å². The van der Waals surface area contributed by atoms with Crippen LogP contribution in [0.25, 0.3) is 0 Å². The summed E-state index contributed by atoms with van der Waals surface area (Å²) in [7, 11) is 0. The van der Waals surface area contributed by atoms with Crippen LogP contribution in [0.5, 0.6) is 0 Å². The highest BCUT2D eigenvalue weighted by molar-refractivity contribution is 5.26. The topological polar surface area (TPSA) is 20.2 Å². The second kappa shape index (κ2) is 4.04. The van der Waals surface area contributed by atoms with E-state index in [-0.39, 0.29) is 12.2 Å². The van der Waals surface area contributed by atoms with E-state index in [1.54, 1.807) is 0 Å². The van der Waals surface area contributed by atoms with Gasteiger partial charge in [-0.2, -0.15) is 0 Å². The molecule has 0 rings (SSSR count). The van der Waals surface area contributed by atoms with Gasteiger partial charge in [0.2, 0.25) is 0 Å². The lowest BCUT2D eigenvalue weighted by atomic mass is 10.2. The molecular formula is C7H9FO. The molecule has 0 heterocycles. The van der Waals surface area contributed by atoms with E-state index in [4.69, 9.17) is 5.11 Å². The fourth-order valence-electron chi connectivity index (χ4n) is 0.371. The fourth-order valence-corrected chi connectivity index (χ4v) is 0.371. The average Bonchev–Trinajstić information content (AvgIpc) is 1.82. The Hall–Kier alpha value is -0.890. The monoisotopic (exact) mass is 128 g/mol. The maximum atomic E-state index is 12.1. The third-order valence-electron chi connectivity index (χ3n) is 0.838. The van der Waals surface area contributed by atoms with Crippen LogP contribution >= 0.6 is 0 Å².